The molecule has 32 heavy (non-hydrogen) atoms. The Labute approximate surface area is 186 Å². The van der Waals surface area contributed by atoms with Crippen molar-refractivity contribution in [2.24, 2.45) is 0 Å². The summed E-state index contributed by atoms with van der Waals surface area (Å²) in [7, 11) is 0. The molecular formula is C23H29N3O6. The number of fused-ring (bicyclic) bond motifs is 1. The third kappa shape index (κ3) is 6.02. The molecule has 0 saturated carbocycles. The van der Waals surface area contributed by atoms with Crippen LogP contribution in [0.15, 0.2) is 33.5 Å². The van der Waals surface area contributed by atoms with Crippen molar-refractivity contribution in [2.75, 3.05) is 26.2 Å². The molecule has 2 amide bonds. The summed E-state index contributed by atoms with van der Waals surface area (Å²) < 4.78 is 5.32. The number of nitrogens with zero attached hydrogens (tertiary/aromatic N) is 2. The molecular weight excluding hydrogens is 414 g/mol. The first-order valence-corrected chi connectivity index (χ1v) is 11.0. The largest absolute Gasteiger partial charge is 0.423 e. The highest BCUT2D eigenvalue weighted by molar-refractivity contribution is 6.01. The van der Waals surface area contributed by atoms with Crippen molar-refractivity contribution in [3.8, 4) is 0 Å². The summed E-state index contributed by atoms with van der Waals surface area (Å²) >= 11 is 0. The number of hydrogen-bond acceptors (Lipinski definition) is 8. The summed E-state index contributed by atoms with van der Waals surface area (Å²) in [5.74, 6) is -1.79. The maximum atomic E-state index is 12.1. The normalized spacial score (nSPS) is 14.0. The van der Waals surface area contributed by atoms with Crippen LogP contribution in [0.4, 0.5) is 0 Å². The van der Waals surface area contributed by atoms with Gasteiger partial charge in [0.1, 0.15) is 5.58 Å². The van der Waals surface area contributed by atoms with Gasteiger partial charge in [-0.25, -0.2) is 9.59 Å². The Morgan fingerprint density at radius 1 is 1.12 bits per heavy atom. The van der Waals surface area contributed by atoms with E-state index in [1.807, 2.05) is 0 Å². The van der Waals surface area contributed by atoms with Crippen molar-refractivity contribution in [1.29, 1.82) is 0 Å². The predicted molar refractivity (Wildman–Crippen MR) is 117 cm³/mol. The second kappa shape index (κ2) is 11.0. The molecule has 2 heterocycles. The molecule has 0 aliphatic carbocycles. The minimum absolute atomic E-state index is 0.0412. The standard InChI is InChI=1S/C23H29N3O6/c1-3-25(4-2)11-5-10-24-15-17-14-22(29)31-19-12-16(6-7-18(17)19)13-23(30)32-26-20(27)8-9-21(26)28/h6-7,12,14,24H,3-5,8-11,13,15H2,1-2H3. The number of benzene rings is 1. The fourth-order valence-electron chi connectivity index (χ4n) is 3.68. The molecule has 0 unspecified atom stereocenters. The monoisotopic (exact) mass is 443 g/mol. The van der Waals surface area contributed by atoms with Gasteiger partial charge in [0.15, 0.2) is 0 Å². The Bertz CT molecular complexity index is 1030. The van der Waals surface area contributed by atoms with E-state index in [0.29, 0.717) is 22.8 Å². The summed E-state index contributed by atoms with van der Waals surface area (Å²) in [6.45, 7) is 8.73. The average Bonchev–Trinajstić information content (AvgIpc) is 3.07. The van der Waals surface area contributed by atoms with Crippen molar-refractivity contribution < 1.29 is 23.6 Å². The molecule has 0 atom stereocenters. The minimum atomic E-state index is -0.735. The Balaban J connectivity index is 1.62. The lowest BCUT2D eigenvalue weighted by molar-refractivity contribution is -0.197. The molecule has 2 aromatic rings. The highest BCUT2D eigenvalue weighted by atomic mass is 16.7. The van der Waals surface area contributed by atoms with Gasteiger partial charge in [0, 0.05) is 30.8 Å². The average molecular weight is 444 g/mol. The van der Waals surface area contributed by atoms with Crippen LogP contribution in [0.25, 0.3) is 11.0 Å². The van der Waals surface area contributed by atoms with E-state index in [9.17, 15) is 19.2 Å². The molecule has 0 bridgehead atoms. The summed E-state index contributed by atoms with van der Waals surface area (Å²) in [4.78, 5) is 54.6. The summed E-state index contributed by atoms with van der Waals surface area (Å²) in [6, 6.07) is 6.61. The maximum Gasteiger partial charge on any atom is 0.337 e. The fraction of sp³-hybridized carbons (Fsp3) is 0.478. The Morgan fingerprint density at radius 3 is 2.53 bits per heavy atom. The number of imide groups is 1. The molecule has 1 aliphatic rings. The highest BCUT2D eigenvalue weighted by Crippen LogP contribution is 2.20. The second-order valence-electron chi connectivity index (χ2n) is 7.70. The number of hydrogen-bond donors (Lipinski definition) is 1. The third-order valence-corrected chi connectivity index (χ3v) is 5.48. The van der Waals surface area contributed by atoms with Gasteiger partial charge in [0.05, 0.1) is 6.42 Å². The van der Waals surface area contributed by atoms with Crippen molar-refractivity contribution in [2.45, 2.75) is 46.1 Å². The number of nitrogens with one attached hydrogen (secondary N) is 1. The fourth-order valence-corrected chi connectivity index (χ4v) is 3.68. The molecule has 1 N–H and O–H groups in total. The van der Waals surface area contributed by atoms with E-state index in [0.717, 1.165) is 43.5 Å². The number of rotatable bonds is 11. The molecule has 9 nitrogen and oxygen atoms in total. The van der Waals surface area contributed by atoms with Gasteiger partial charge >= 0.3 is 11.6 Å². The van der Waals surface area contributed by atoms with E-state index < -0.39 is 23.4 Å². The molecule has 0 spiro atoms. The van der Waals surface area contributed by atoms with Crippen molar-refractivity contribution in [3.05, 3.63) is 45.8 Å². The quantitative estimate of drug-likeness (QED) is 0.318. The predicted octanol–water partition coefficient (Wildman–Crippen LogP) is 1.76. The first-order valence-electron chi connectivity index (χ1n) is 11.0. The summed E-state index contributed by atoms with van der Waals surface area (Å²) in [6.07, 6.45) is 0.929. The van der Waals surface area contributed by atoms with Gasteiger partial charge in [-0.1, -0.05) is 26.0 Å². The first-order chi connectivity index (χ1) is 15.4. The van der Waals surface area contributed by atoms with Crippen molar-refractivity contribution in [1.82, 2.24) is 15.3 Å². The zero-order chi connectivity index (χ0) is 23.1. The van der Waals surface area contributed by atoms with E-state index in [-0.39, 0.29) is 19.3 Å². The molecule has 1 saturated heterocycles. The van der Waals surface area contributed by atoms with Gasteiger partial charge < -0.3 is 19.5 Å². The molecule has 9 heteroatoms. The molecule has 1 fully saturated rings. The molecule has 172 valence electrons. The Hall–Kier alpha value is -3.04. The minimum Gasteiger partial charge on any atom is -0.423 e. The highest BCUT2D eigenvalue weighted by Gasteiger charge is 2.32. The lowest BCUT2D eigenvalue weighted by atomic mass is 10.1. The van der Waals surface area contributed by atoms with Crippen LogP contribution in [0.5, 0.6) is 0 Å². The zero-order valence-corrected chi connectivity index (χ0v) is 18.5. The van der Waals surface area contributed by atoms with Crippen LogP contribution in [-0.4, -0.2) is 53.9 Å². The SMILES string of the molecule is CCN(CC)CCCNCc1cc(=O)oc2cc(CC(=O)ON3C(=O)CCC3=O)ccc12. The van der Waals surface area contributed by atoms with E-state index in [1.165, 1.54) is 6.07 Å². The number of amides is 2. The van der Waals surface area contributed by atoms with Crippen molar-refractivity contribution in [3.63, 3.8) is 0 Å². The van der Waals surface area contributed by atoms with Crippen LogP contribution in [0.1, 0.15) is 44.2 Å². The van der Waals surface area contributed by atoms with Crippen molar-refractivity contribution >= 4 is 28.8 Å². The van der Waals surface area contributed by atoms with E-state index in [2.05, 4.69) is 24.1 Å². The third-order valence-electron chi connectivity index (χ3n) is 5.48. The first kappa shape index (κ1) is 23.6. The van der Waals surface area contributed by atoms with Crippen LogP contribution >= 0.6 is 0 Å². The summed E-state index contributed by atoms with van der Waals surface area (Å²) in [5.41, 5.74) is 1.28. The topological polar surface area (TPSA) is 109 Å². The Morgan fingerprint density at radius 2 is 1.84 bits per heavy atom. The number of hydroxylamine groups is 2. The van der Waals surface area contributed by atoms with Gasteiger partial charge in [-0.15, -0.1) is 5.06 Å². The van der Waals surface area contributed by atoms with E-state index >= 15 is 0 Å². The molecule has 1 aromatic heterocycles. The Kier molecular flexibility index (Phi) is 8.13. The molecule has 3 rings (SSSR count). The van der Waals surface area contributed by atoms with Crippen LogP contribution in [0.2, 0.25) is 0 Å². The van der Waals surface area contributed by atoms with Crippen LogP contribution in [0, 0.1) is 0 Å². The second-order valence-corrected chi connectivity index (χ2v) is 7.70. The van der Waals surface area contributed by atoms with E-state index in [1.54, 1.807) is 18.2 Å². The maximum absolute atomic E-state index is 12.1. The van der Waals surface area contributed by atoms with Gasteiger partial charge in [0.2, 0.25) is 0 Å². The summed E-state index contributed by atoms with van der Waals surface area (Å²) in [5, 5.41) is 4.67. The van der Waals surface area contributed by atoms with Gasteiger partial charge in [-0.3, -0.25) is 9.59 Å². The number of carbonyl (C=O) groups is 3. The van der Waals surface area contributed by atoms with Gasteiger partial charge in [-0.2, -0.15) is 0 Å². The van der Waals surface area contributed by atoms with Gasteiger partial charge in [0.25, 0.3) is 11.8 Å². The number of carbonyl (C=O) groups excluding carboxylic acids is 3. The lowest BCUT2D eigenvalue weighted by Gasteiger charge is -2.17. The lowest BCUT2D eigenvalue weighted by Crippen LogP contribution is -2.32. The smallest absolute Gasteiger partial charge is 0.337 e. The molecule has 1 aromatic carbocycles. The van der Waals surface area contributed by atoms with Crippen LogP contribution < -0.4 is 10.9 Å². The zero-order valence-electron chi connectivity index (χ0n) is 18.5. The molecule has 0 radical (unpaired) electrons. The van der Waals surface area contributed by atoms with Crippen LogP contribution in [0.3, 0.4) is 0 Å². The molecule has 1 aliphatic heterocycles. The van der Waals surface area contributed by atoms with Gasteiger partial charge in [-0.05, 0) is 49.8 Å². The van der Waals surface area contributed by atoms with Crippen LogP contribution in [-0.2, 0) is 32.2 Å². The van der Waals surface area contributed by atoms with E-state index in [4.69, 9.17) is 9.25 Å².